The average molecular weight is 441 g/mol. The Morgan fingerprint density at radius 1 is 0.967 bits per heavy atom. The second kappa shape index (κ2) is 10.5. The van der Waals surface area contributed by atoms with Gasteiger partial charge in [0.15, 0.2) is 11.5 Å². The monoisotopic (exact) mass is 440 g/mol. The summed E-state index contributed by atoms with van der Waals surface area (Å²) >= 11 is 12.0. The molecule has 0 unspecified atom stereocenters. The Kier molecular flexibility index (Phi) is 7.56. The lowest BCUT2D eigenvalue weighted by Crippen LogP contribution is -1.98. The van der Waals surface area contributed by atoms with E-state index in [0.717, 1.165) is 16.7 Å². The molecular formula is C23H18Cl2N2O3. The number of halogens is 2. The third kappa shape index (κ3) is 5.66. The second-order valence-electron chi connectivity index (χ2n) is 6.22. The van der Waals surface area contributed by atoms with Crippen LogP contribution in [0.2, 0.25) is 10.0 Å². The molecule has 0 radical (unpaired) electrons. The van der Waals surface area contributed by atoms with E-state index in [4.69, 9.17) is 42.8 Å². The van der Waals surface area contributed by atoms with Crippen LogP contribution in [0.1, 0.15) is 22.3 Å². The van der Waals surface area contributed by atoms with E-state index in [1.54, 1.807) is 43.7 Å². The van der Waals surface area contributed by atoms with Gasteiger partial charge in [0, 0.05) is 11.1 Å². The van der Waals surface area contributed by atoms with Gasteiger partial charge in [0.25, 0.3) is 0 Å². The summed E-state index contributed by atoms with van der Waals surface area (Å²) in [5.74, 6) is 1.15. The largest absolute Gasteiger partial charge is 0.493 e. The van der Waals surface area contributed by atoms with Crippen LogP contribution >= 0.6 is 23.2 Å². The van der Waals surface area contributed by atoms with Crippen molar-refractivity contribution in [1.82, 2.24) is 0 Å². The summed E-state index contributed by atoms with van der Waals surface area (Å²) in [6.07, 6.45) is 1.57. The molecule has 0 bridgehead atoms. The smallest absolute Gasteiger partial charge is 0.161 e. The minimum Gasteiger partial charge on any atom is -0.493 e. The third-order valence-electron chi connectivity index (χ3n) is 4.20. The van der Waals surface area contributed by atoms with Crippen molar-refractivity contribution in [3.05, 3.63) is 93.0 Å². The van der Waals surface area contributed by atoms with Gasteiger partial charge < -0.3 is 14.3 Å². The number of methoxy groups -OCH3 is 1. The number of oxime groups is 1. The highest BCUT2D eigenvalue weighted by Gasteiger charge is 2.07. The van der Waals surface area contributed by atoms with Crippen molar-refractivity contribution in [3.63, 3.8) is 0 Å². The lowest BCUT2D eigenvalue weighted by atomic mass is 10.1. The number of nitriles is 1. The maximum atomic E-state index is 9.10. The first-order valence-electron chi connectivity index (χ1n) is 8.99. The van der Waals surface area contributed by atoms with E-state index in [9.17, 15) is 0 Å². The molecule has 0 atom stereocenters. The quantitative estimate of drug-likeness (QED) is 0.318. The summed E-state index contributed by atoms with van der Waals surface area (Å²) in [4.78, 5) is 5.32. The van der Waals surface area contributed by atoms with Crippen molar-refractivity contribution < 1.29 is 14.3 Å². The summed E-state index contributed by atoms with van der Waals surface area (Å²) in [6.45, 7) is 0.532. The van der Waals surface area contributed by atoms with Crippen molar-refractivity contribution in [1.29, 1.82) is 5.26 Å². The van der Waals surface area contributed by atoms with Gasteiger partial charge in [0.2, 0.25) is 0 Å². The summed E-state index contributed by atoms with van der Waals surface area (Å²) in [5, 5.41) is 14.0. The van der Waals surface area contributed by atoms with Gasteiger partial charge in [-0.1, -0.05) is 52.6 Å². The first-order chi connectivity index (χ1) is 14.6. The van der Waals surface area contributed by atoms with Crippen LogP contribution in [0.15, 0.2) is 65.8 Å². The van der Waals surface area contributed by atoms with Gasteiger partial charge in [-0.05, 0) is 42.0 Å². The summed E-state index contributed by atoms with van der Waals surface area (Å²) in [6, 6.07) is 20.1. The van der Waals surface area contributed by atoms with Crippen LogP contribution in [0.4, 0.5) is 0 Å². The van der Waals surface area contributed by atoms with E-state index < -0.39 is 0 Å². The Bertz CT molecular complexity index is 1090. The fourth-order valence-corrected chi connectivity index (χ4v) is 2.96. The van der Waals surface area contributed by atoms with Crippen molar-refractivity contribution in [2.75, 3.05) is 7.11 Å². The molecule has 0 saturated carbocycles. The fraction of sp³-hybridized carbons (Fsp3) is 0.130. The van der Waals surface area contributed by atoms with Gasteiger partial charge in [-0.15, -0.1) is 0 Å². The lowest BCUT2D eigenvalue weighted by molar-refractivity contribution is 0.132. The van der Waals surface area contributed by atoms with Crippen molar-refractivity contribution in [2.45, 2.75) is 13.2 Å². The molecule has 0 aliphatic rings. The standard InChI is InChI=1S/C23H18Cl2N2O3/c1-28-23-11-16(13-27-30-15-19-5-3-2-4-18(19)12-26)7-9-22(23)29-14-17-6-8-20(24)21(25)10-17/h2-11,13H,14-15H2,1H3/b27-13-. The zero-order chi connectivity index (χ0) is 21.3. The van der Waals surface area contributed by atoms with Crippen LogP contribution in [-0.2, 0) is 18.1 Å². The molecule has 3 rings (SSSR count). The molecule has 3 aromatic rings. The summed E-state index contributed by atoms with van der Waals surface area (Å²) in [7, 11) is 1.57. The molecule has 0 aliphatic heterocycles. The minimum atomic E-state index is 0.211. The molecule has 0 spiro atoms. The van der Waals surface area contributed by atoms with Crippen molar-refractivity contribution >= 4 is 29.4 Å². The van der Waals surface area contributed by atoms with Crippen LogP contribution in [0.5, 0.6) is 11.5 Å². The molecule has 0 fully saturated rings. The second-order valence-corrected chi connectivity index (χ2v) is 7.04. The van der Waals surface area contributed by atoms with E-state index in [1.165, 1.54) is 0 Å². The first kappa shape index (κ1) is 21.5. The van der Waals surface area contributed by atoms with Gasteiger partial charge in [-0.2, -0.15) is 5.26 Å². The van der Waals surface area contributed by atoms with Crippen LogP contribution in [0, 0.1) is 11.3 Å². The van der Waals surface area contributed by atoms with E-state index in [1.807, 2.05) is 30.3 Å². The molecule has 0 N–H and O–H groups in total. The van der Waals surface area contributed by atoms with Crippen LogP contribution in [0.3, 0.4) is 0 Å². The number of rotatable bonds is 8. The molecule has 152 valence electrons. The molecule has 0 aromatic heterocycles. The van der Waals surface area contributed by atoms with Gasteiger partial charge in [-0.3, -0.25) is 0 Å². The minimum absolute atomic E-state index is 0.211. The van der Waals surface area contributed by atoms with Crippen LogP contribution in [0.25, 0.3) is 0 Å². The van der Waals surface area contributed by atoms with Crippen LogP contribution in [-0.4, -0.2) is 13.3 Å². The number of hydrogen-bond acceptors (Lipinski definition) is 5. The first-order valence-corrected chi connectivity index (χ1v) is 9.74. The Morgan fingerprint density at radius 3 is 2.57 bits per heavy atom. The predicted octanol–water partition coefficient (Wildman–Crippen LogP) is 6.00. The molecule has 0 saturated heterocycles. The lowest BCUT2D eigenvalue weighted by Gasteiger charge is -2.11. The maximum Gasteiger partial charge on any atom is 0.161 e. The zero-order valence-electron chi connectivity index (χ0n) is 16.1. The van der Waals surface area contributed by atoms with Gasteiger partial charge in [-0.25, -0.2) is 0 Å². The fourth-order valence-electron chi connectivity index (χ4n) is 2.63. The maximum absolute atomic E-state index is 9.10. The summed E-state index contributed by atoms with van der Waals surface area (Å²) < 4.78 is 11.3. The Balaban J connectivity index is 1.61. The van der Waals surface area contributed by atoms with Gasteiger partial charge in [0.05, 0.1) is 35.0 Å². The molecule has 0 amide bonds. The molecule has 7 heteroatoms. The van der Waals surface area contributed by atoms with E-state index >= 15 is 0 Å². The van der Waals surface area contributed by atoms with E-state index in [2.05, 4.69) is 11.2 Å². The topological polar surface area (TPSA) is 63.8 Å². The summed E-state index contributed by atoms with van der Waals surface area (Å²) in [5.41, 5.74) is 3.02. The molecule has 0 heterocycles. The van der Waals surface area contributed by atoms with E-state index in [-0.39, 0.29) is 6.61 Å². The molecular weight excluding hydrogens is 423 g/mol. The zero-order valence-corrected chi connectivity index (χ0v) is 17.7. The Morgan fingerprint density at radius 2 is 1.80 bits per heavy atom. The number of hydrogen-bond donors (Lipinski definition) is 0. The molecule has 5 nitrogen and oxygen atoms in total. The average Bonchev–Trinajstić information content (AvgIpc) is 2.78. The van der Waals surface area contributed by atoms with Crippen molar-refractivity contribution in [2.24, 2.45) is 5.16 Å². The van der Waals surface area contributed by atoms with Gasteiger partial charge in [0.1, 0.15) is 13.2 Å². The van der Waals surface area contributed by atoms with E-state index in [0.29, 0.717) is 33.7 Å². The van der Waals surface area contributed by atoms with Crippen LogP contribution < -0.4 is 9.47 Å². The Hall–Kier alpha value is -3.20. The predicted molar refractivity (Wildman–Crippen MR) is 117 cm³/mol. The highest BCUT2D eigenvalue weighted by atomic mass is 35.5. The third-order valence-corrected chi connectivity index (χ3v) is 4.94. The molecule has 3 aromatic carbocycles. The number of nitrogens with zero attached hydrogens (tertiary/aromatic N) is 2. The molecule has 30 heavy (non-hydrogen) atoms. The number of benzene rings is 3. The highest BCUT2D eigenvalue weighted by molar-refractivity contribution is 6.42. The molecule has 0 aliphatic carbocycles. The van der Waals surface area contributed by atoms with Crippen molar-refractivity contribution in [3.8, 4) is 17.6 Å². The Labute approximate surface area is 185 Å². The highest BCUT2D eigenvalue weighted by Crippen LogP contribution is 2.29. The number of ether oxygens (including phenoxy) is 2. The van der Waals surface area contributed by atoms with Gasteiger partial charge >= 0.3 is 0 Å². The normalized spacial score (nSPS) is 10.6. The SMILES string of the molecule is COc1cc(/C=N\OCc2ccccc2C#N)ccc1OCc1ccc(Cl)c(Cl)c1.